The zero-order chi connectivity index (χ0) is 15.8. The number of carbonyl (C=O) groups is 1. The standard InChI is InChI=1S/C17H19ClN2O2.ClH/c18-15-3-1-2-14(10-15)12-22-16-6-4-13(5-7-16)8-9-20-11-17(19)21;/h1-7,10,20H,8-9,11-12H2,(H2,19,21);1H. The van der Waals surface area contributed by atoms with Gasteiger partial charge >= 0.3 is 0 Å². The third-order valence-corrected chi connectivity index (χ3v) is 3.34. The third-order valence-electron chi connectivity index (χ3n) is 3.11. The van der Waals surface area contributed by atoms with Gasteiger partial charge in [-0.3, -0.25) is 4.79 Å². The summed E-state index contributed by atoms with van der Waals surface area (Å²) in [4.78, 5) is 10.6. The summed E-state index contributed by atoms with van der Waals surface area (Å²) < 4.78 is 5.72. The summed E-state index contributed by atoms with van der Waals surface area (Å²) in [5.41, 5.74) is 7.26. The Labute approximate surface area is 147 Å². The Morgan fingerprint density at radius 1 is 1.13 bits per heavy atom. The van der Waals surface area contributed by atoms with Crippen LogP contribution in [0.15, 0.2) is 48.5 Å². The van der Waals surface area contributed by atoms with Crippen molar-refractivity contribution in [2.24, 2.45) is 5.73 Å². The Bertz CT molecular complexity index is 618. The summed E-state index contributed by atoms with van der Waals surface area (Å²) in [5, 5.41) is 3.69. The monoisotopic (exact) mass is 354 g/mol. The van der Waals surface area contributed by atoms with Crippen LogP contribution in [-0.2, 0) is 17.8 Å². The molecule has 0 saturated heterocycles. The van der Waals surface area contributed by atoms with Gasteiger partial charge in [-0.1, -0.05) is 35.9 Å². The van der Waals surface area contributed by atoms with E-state index in [9.17, 15) is 4.79 Å². The minimum Gasteiger partial charge on any atom is -0.489 e. The number of hydrogen-bond donors (Lipinski definition) is 2. The zero-order valence-electron chi connectivity index (χ0n) is 12.6. The molecule has 0 atom stereocenters. The van der Waals surface area contributed by atoms with Gasteiger partial charge in [-0.05, 0) is 48.4 Å². The molecule has 23 heavy (non-hydrogen) atoms. The number of nitrogens with two attached hydrogens (primary N) is 1. The highest BCUT2D eigenvalue weighted by molar-refractivity contribution is 6.30. The van der Waals surface area contributed by atoms with E-state index in [1.807, 2.05) is 48.5 Å². The van der Waals surface area contributed by atoms with Crippen LogP contribution in [0, 0.1) is 0 Å². The highest BCUT2D eigenvalue weighted by atomic mass is 35.5. The van der Waals surface area contributed by atoms with Crippen molar-refractivity contribution in [2.75, 3.05) is 13.1 Å². The molecular weight excluding hydrogens is 335 g/mol. The first kappa shape index (κ1) is 19.3. The second kappa shape index (κ2) is 10.1. The third kappa shape index (κ3) is 7.37. The molecule has 0 bridgehead atoms. The lowest BCUT2D eigenvalue weighted by molar-refractivity contribution is -0.117. The van der Waals surface area contributed by atoms with Crippen molar-refractivity contribution < 1.29 is 9.53 Å². The number of nitrogens with one attached hydrogen (secondary N) is 1. The fourth-order valence-corrected chi connectivity index (χ4v) is 2.20. The van der Waals surface area contributed by atoms with Crippen LogP contribution >= 0.6 is 24.0 Å². The molecule has 0 heterocycles. The average molecular weight is 355 g/mol. The molecule has 0 aliphatic carbocycles. The van der Waals surface area contributed by atoms with Crippen LogP contribution in [-0.4, -0.2) is 19.0 Å². The highest BCUT2D eigenvalue weighted by Crippen LogP contribution is 2.16. The lowest BCUT2D eigenvalue weighted by atomic mass is 10.1. The van der Waals surface area contributed by atoms with Crippen LogP contribution in [0.2, 0.25) is 5.02 Å². The van der Waals surface area contributed by atoms with Gasteiger partial charge in [-0.15, -0.1) is 12.4 Å². The van der Waals surface area contributed by atoms with Crippen molar-refractivity contribution in [3.63, 3.8) is 0 Å². The van der Waals surface area contributed by atoms with Gasteiger partial charge in [-0.2, -0.15) is 0 Å². The van der Waals surface area contributed by atoms with Gasteiger partial charge in [0.05, 0.1) is 6.54 Å². The smallest absolute Gasteiger partial charge is 0.231 e. The second-order valence-corrected chi connectivity index (χ2v) is 5.39. The fraction of sp³-hybridized carbons (Fsp3) is 0.235. The van der Waals surface area contributed by atoms with E-state index in [1.165, 1.54) is 5.56 Å². The Morgan fingerprint density at radius 3 is 2.52 bits per heavy atom. The van der Waals surface area contributed by atoms with Gasteiger partial charge in [0.15, 0.2) is 0 Å². The Balaban J connectivity index is 0.00000264. The molecule has 1 amide bonds. The summed E-state index contributed by atoms with van der Waals surface area (Å²) in [5.74, 6) is 0.471. The average Bonchev–Trinajstić information content (AvgIpc) is 2.51. The molecule has 0 spiro atoms. The number of benzene rings is 2. The van der Waals surface area contributed by atoms with Gasteiger partial charge in [0.2, 0.25) is 5.91 Å². The van der Waals surface area contributed by atoms with E-state index < -0.39 is 0 Å². The van der Waals surface area contributed by atoms with E-state index in [0.717, 1.165) is 17.7 Å². The fourth-order valence-electron chi connectivity index (χ4n) is 1.99. The Hall–Kier alpha value is -1.75. The maximum atomic E-state index is 10.6. The molecule has 0 saturated carbocycles. The van der Waals surface area contributed by atoms with Gasteiger partial charge in [-0.25, -0.2) is 0 Å². The molecule has 2 aromatic carbocycles. The molecule has 0 fully saturated rings. The van der Waals surface area contributed by atoms with Crippen molar-refractivity contribution >= 4 is 29.9 Å². The first-order chi connectivity index (χ1) is 10.6. The first-order valence-electron chi connectivity index (χ1n) is 7.09. The van der Waals surface area contributed by atoms with Gasteiger partial charge in [0.1, 0.15) is 12.4 Å². The van der Waals surface area contributed by atoms with Gasteiger partial charge in [0, 0.05) is 5.02 Å². The molecule has 0 aliphatic rings. The van der Waals surface area contributed by atoms with Crippen molar-refractivity contribution in [3.05, 3.63) is 64.7 Å². The second-order valence-electron chi connectivity index (χ2n) is 4.96. The number of carbonyl (C=O) groups excluding carboxylic acids is 1. The molecule has 2 rings (SSSR count). The Morgan fingerprint density at radius 2 is 1.87 bits per heavy atom. The van der Waals surface area contributed by atoms with Crippen LogP contribution in [0.5, 0.6) is 5.75 Å². The largest absolute Gasteiger partial charge is 0.489 e. The number of ether oxygens (including phenoxy) is 1. The molecule has 0 radical (unpaired) electrons. The maximum absolute atomic E-state index is 10.6. The van der Waals surface area contributed by atoms with E-state index >= 15 is 0 Å². The number of rotatable bonds is 8. The first-order valence-corrected chi connectivity index (χ1v) is 7.46. The predicted molar refractivity (Wildman–Crippen MR) is 95.2 cm³/mol. The quantitative estimate of drug-likeness (QED) is 0.716. The molecule has 4 nitrogen and oxygen atoms in total. The maximum Gasteiger partial charge on any atom is 0.231 e. The number of halogens is 2. The van der Waals surface area contributed by atoms with E-state index in [-0.39, 0.29) is 24.9 Å². The van der Waals surface area contributed by atoms with Crippen molar-refractivity contribution in [3.8, 4) is 5.75 Å². The van der Waals surface area contributed by atoms with Crippen LogP contribution in [0.3, 0.4) is 0 Å². The number of amides is 1. The summed E-state index contributed by atoms with van der Waals surface area (Å²) in [6.45, 7) is 1.41. The predicted octanol–water partition coefficient (Wildman–Crippen LogP) is 2.96. The van der Waals surface area contributed by atoms with Crippen molar-refractivity contribution in [1.82, 2.24) is 5.32 Å². The molecule has 124 valence electrons. The number of primary amides is 1. The van der Waals surface area contributed by atoms with Crippen LogP contribution in [0.4, 0.5) is 0 Å². The molecule has 3 N–H and O–H groups in total. The van der Waals surface area contributed by atoms with E-state index in [1.54, 1.807) is 0 Å². The zero-order valence-corrected chi connectivity index (χ0v) is 14.2. The topological polar surface area (TPSA) is 64.4 Å². The van der Waals surface area contributed by atoms with Crippen LogP contribution in [0.1, 0.15) is 11.1 Å². The van der Waals surface area contributed by atoms with Crippen LogP contribution in [0.25, 0.3) is 0 Å². The molecule has 0 unspecified atom stereocenters. The lowest BCUT2D eigenvalue weighted by Gasteiger charge is -2.08. The van der Waals surface area contributed by atoms with Crippen molar-refractivity contribution in [2.45, 2.75) is 13.0 Å². The van der Waals surface area contributed by atoms with E-state index in [2.05, 4.69) is 5.32 Å². The SMILES string of the molecule is Cl.NC(=O)CNCCc1ccc(OCc2cccc(Cl)c2)cc1. The minimum absolute atomic E-state index is 0. The molecule has 0 aliphatic heterocycles. The van der Waals surface area contributed by atoms with E-state index in [0.29, 0.717) is 18.2 Å². The normalized spacial score (nSPS) is 9.96. The summed E-state index contributed by atoms with van der Waals surface area (Å²) in [7, 11) is 0. The lowest BCUT2D eigenvalue weighted by Crippen LogP contribution is -2.29. The molecule has 0 aromatic heterocycles. The summed E-state index contributed by atoms with van der Waals surface area (Å²) in [6, 6.07) is 15.5. The summed E-state index contributed by atoms with van der Waals surface area (Å²) in [6.07, 6.45) is 0.835. The van der Waals surface area contributed by atoms with Crippen molar-refractivity contribution in [1.29, 1.82) is 0 Å². The van der Waals surface area contributed by atoms with Crippen LogP contribution < -0.4 is 15.8 Å². The van der Waals surface area contributed by atoms with Gasteiger partial charge in [0.25, 0.3) is 0 Å². The van der Waals surface area contributed by atoms with Gasteiger partial charge < -0.3 is 15.8 Å². The minimum atomic E-state index is -0.343. The molecule has 2 aromatic rings. The molecule has 6 heteroatoms. The Kier molecular flexibility index (Phi) is 8.48. The highest BCUT2D eigenvalue weighted by Gasteiger charge is 1.99. The van der Waals surface area contributed by atoms with E-state index in [4.69, 9.17) is 22.1 Å². The molecular formula is C17H20Cl2N2O2. The number of hydrogen-bond acceptors (Lipinski definition) is 3. The summed E-state index contributed by atoms with van der Waals surface area (Å²) >= 11 is 5.94.